The summed E-state index contributed by atoms with van der Waals surface area (Å²) in [7, 11) is -2.66. The summed E-state index contributed by atoms with van der Waals surface area (Å²) in [4.78, 5) is 12.5. The highest BCUT2D eigenvalue weighted by atomic mass is 32.2. The van der Waals surface area contributed by atoms with E-state index in [-0.39, 0.29) is 30.3 Å². The second-order valence-corrected chi connectivity index (χ2v) is 8.57. The summed E-state index contributed by atoms with van der Waals surface area (Å²) >= 11 is 0. The predicted molar refractivity (Wildman–Crippen MR) is 110 cm³/mol. The minimum absolute atomic E-state index is 0.0281. The molecule has 0 spiro atoms. The molecule has 0 bridgehead atoms. The van der Waals surface area contributed by atoms with E-state index in [1.165, 1.54) is 17.5 Å². The summed E-state index contributed by atoms with van der Waals surface area (Å²) in [5, 5.41) is 2.99. The molecular formula is C20H20FN5O4S. The molecule has 3 heterocycles. The van der Waals surface area contributed by atoms with Gasteiger partial charge in [0.25, 0.3) is 0 Å². The molecule has 1 fully saturated rings. The Kier molecular flexibility index (Phi) is 6.07. The van der Waals surface area contributed by atoms with Crippen molar-refractivity contribution in [3.05, 3.63) is 66.4 Å². The van der Waals surface area contributed by atoms with E-state index >= 15 is 0 Å². The van der Waals surface area contributed by atoms with E-state index < -0.39 is 21.9 Å². The van der Waals surface area contributed by atoms with Crippen molar-refractivity contribution in [3.63, 3.8) is 0 Å². The number of ether oxygens (including phenoxy) is 2. The predicted octanol–water partition coefficient (Wildman–Crippen LogP) is 2.53. The van der Waals surface area contributed by atoms with Crippen molar-refractivity contribution >= 4 is 21.8 Å². The fourth-order valence-corrected chi connectivity index (χ4v) is 4.78. The minimum Gasteiger partial charge on any atom is -0.495 e. The second-order valence-electron chi connectivity index (χ2n) is 6.66. The smallest absolute Gasteiger partial charge is 0.247 e. The van der Waals surface area contributed by atoms with Gasteiger partial charge in [-0.25, -0.2) is 27.8 Å². The first-order chi connectivity index (χ1) is 15.0. The summed E-state index contributed by atoms with van der Waals surface area (Å²) in [6.45, 7) is 0.331. The van der Waals surface area contributed by atoms with Crippen molar-refractivity contribution in [2.45, 2.75) is 11.0 Å². The highest BCUT2D eigenvalue weighted by Gasteiger charge is 2.34. The average Bonchev–Trinajstić information content (AvgIpc) is 2.80. The van der Waals surface area contributed by atoms with Crippen LogP contribution in [-0.2, 0) is 14.8 Å². The zero-order chi connectivity index (χ0) is 21.8. The molecule has 1 aliphatic rings. The summed E-state index contributed by atoms with van der Waals surface area (Å²) in [5.41, 5.74) is 0.548. The molecule has 0 saturated carbocycles. The van der Waals surface area contributed by atoms with Crippen molar-refractivity contribution in [1.82, 2.24) is 19.3 Å². The van der Waals surface area contributed by atoms with Gasteiger partial charge in [0.15, 0.2) is 0 Å². The number of morpholine rings is 1. The number of hydrogen-bond acceptors (Lipinski definition) is 8. The number of pyridine rings is 1. The number of rotatable bonds is 6. The van der Waals surface area contributed by atoms with Crippen molar-refractivity contribution in [2.24, 2.45) is 0 Å². The number of nitrogens with one attached hydrogen (secondary N) is 1. The Labute approximate surface area is 178 Å². The Morgan fingerprint density at radius 3 is 2.77 bits per heavy atom. The molecule has 2 aromatic heterocycles. The molecule has 9 nitrogen and oxygen atoms in total. The third kappa shape index (κ3) is 4.63. The molecule has 4 rings (SSSR count). The number of nitrogens with zero attached hydrogens (tertiary/aromatic N) is 4. The average molecular weight is 445 g/mol. The van der Waals surface area contributed by atoms with Crippen LogP contribution in [0.4, 0.5) is 16.2 Å². The SMILES string of the molecule is COc1ccc(F)cc1S(=O)(=O)N1CCO[C@H](c2cccc(Nc3ncccn3)n2)C1. The molecule has 0 radical (unpaired) electrons. The maximum absolute atomic E-state index is 13.8. The van der Waals surface area contributed by atoms with Crippen molar-refractivity contribution < 1.29 is 22.3 Å². The van der Waals surface area contributed by atoms with E-state index in [9.17, 15) is 12.8 Å². The first-order valence-electron chi connectivity index (χ1n) is 9.43. The van der Waals surface area contributed by atoms with Gasteiger partial charge in [-0.2, -0.15) is 4.31 Å². The third-order valence-electron chi connectivity index (χ3n) is 4.68. The number of sulfonamides is 1. The second kappa shape index (κ2) is 8.92. The molecule has 1 aromatic carbocycles. The highest BCUT2D eigenvalue weighted by Crippen LogP contribution is 2.31. The van der Waals surface area contributed by atoms with E-state index in [1.54, 1.807) is 36.7 Å². The number of methoxy groups -OCH3 is 1. The van der Waals surface area contributed by atoms with Gasteiger partial charge >= 0.3 is 0 Å². The van der Waals surface area contributed by atoms with Crippen molar-refractivity contribution in [2.75, 3.05) is 32.1 Å². The van der Waals surface area contributed by atoms with E-state index in [0.29, 0.717) is 17.5 Å². The summed E-state index contributed by atoms with van der Waals surface area (Å²) < 4.78 is 52.3. The normalized spacial score (nSPS) is 17.3. The molecule has 31 heavy (non-hydrogen) atoms. The summed E-state index contributed by atoms with van der Waals surface area (Å²) in [6, 6.07) is 10.4. The van der Waals surface area contributed by atoms with Crippen LogP contribution in [0.5, 0.6) is 5.75 Å². The van der Waals surface area contributed by atoms with Gasteiger partial charge < -0.3 is 14.8 Å². The third-order valence-corrected chi connectivity index (χ3v) is 6.57. The largest absolute Gasteiger partial charge is 0.495 e. The lowest BCUT2D eigenvalue weighted by molar-refractivity contribution is -0.00490. The van der Waals surface area contributed by atoms with Crippen LogP contribution in [0.15, 0.2) is 59.8 Å². The van der Waals surface area contributed by atoms with Crippen LogP contribution in [-0.4, -0.2) is 54.5 Å². The van der Waals surface area contributed by atoms with Crippen LogP contribution in [0.3, 0.4) is 0 Å². The van der Waals surface area contributed by atoms with Crippen LogP contribution >= 0.6 is 0 Å². The fourth-order valence-electron chi connectivity index (χ4n) is 3.19. The Morgan fingerprint density at radius 1 is 1.19 bits per heavy atom. The molecular weight excluding hydrogens is 425 g/mol. The number of halogens is 1. The van der Waals surface area contributed by atoms with E-state index in [4.69, 9.17) is 9.47 Å². The lowest BCUT2D eigenvalue weighted by Crippen LogP contribution is -2.42. The van der Waals surface area contributed by atoms with E-state index in [1.807, 2.05) is 0 Å². The molecule has 1 saturated heterocycles. The van der Waals surface area contributed by atoms with E-state index in [0.717, 1.165) is 12.1 Å². The molecule has 0 unspecified atom stereocenters. The van der Waals surface area contributed by atoms with Gasteiger partial charge in [-0.3, -0.25) is 0 Å². The quantitative estimate of drug-likeness (QED) is 0.617. The minimum atomic E-state index is -4.00. The van der Waals surface area contributed by atoms with Gasteiger partial charge in [-0.05, 0) is 36.4 Å². The number of anilines is 2. The van der Waals surface area contributed by atoms with Gasteiger partial charge in [-0.1, -0.05) is 6.07 Å². The Hall–Kier alpha value is -3.15. The number of benzene rings is 1. The molecule has 162 valence electrons. The fraction of sp³-hybridized carbons (Fsp3) is 0.250. The first kappa shape index (κ1) is 21.1. The standard InChI is InChI=1S/C20H20FN5O4S/c1-29-16-7-6-14(21)12-18(16)31(27,28)26-10-11-30-17(13-26)15-4-2-5-19(24-15)25-20-22-8-3-9-23-20/h2-9,12,17H,10-11,13H2,1H3,(H,22,23,24,25)/t17-/m0/s1. The summed E-state index contributed by atoms with van der Waals surface area (Å²) in [6.07, 6.45) is 2.61. The molecule has 1 aliphatic heterocycles. The zero-order valence-corrected chi connectivity index (χ0v) is 17.4. The van der Waals surface area contributed by atoms with Gasteiger partial charge in [-0.15, -0.1) is 0 Å². The monoisotopic (exact) mass is 445 g/mol. The molecule has 0 aliphatic carbocycles. The van der Waals surface area contributed by atoms with Gasteiger partial charge in [0.05, 0.1) is 19.4 Å². The van der Waals surface area contributed by atoms with Crippen molar-refractivity contribution in [1.29, 1.82) is 0 Å². The molecule has 1 atom stereocenters. The lowest BCUT2D eigenvalue weighted by Gasteiger charge is -2.32. The number of hydrogen-bond donors (Lipinski definition) is 1. The highest BCUT2D eigenvalue weighted by molar-refractivity contribution is 7.89. The van der Waals surface area contributed by atoms with Crippen LogP contribution in [0, 0.1) is 5.82 Å². The summed E-state index contributed by atoms with van der Waals surface area (Å²) in [5.74, 6) is 0.308. The zero-order valence-electron chi connectivity index (χ0n) is 16.6. The number of aromatic nitrogens is 3. The Bertz CT molecular complexity index is 1160. The van der Waals surface area contributed by atoms with Gasteiger partial charge in [0, 0.05) is 25.5 Å². The van der Waals surface area contributed by atoms with Crippen LogP contribution < -0.4 is 10.1 Å². The maximum atomic E-state index is 13.8. The van der Waals surface area contributed by atoms with Crippen molar-refractivity contribution in [3.8, 4) is 5.75 Å². The Morgan fingerprint density at radius 2 is 2.00 bits per heavy atom. The van der Waals surface area contributed by atoms with Gasteiger partial charge in [0.2, 0.25) is 16.0 Å². The molecule has 3 aromatic rings. The first-order valence-corrected chi connectivity index (χ1v) is 10.9. The van der Waals surface area contributed by atoms with Crippen LogP contribution in [0.2, 0.25) is 0 Å². The Balaban J connectivity index is 1.56. The molecule has 1 N–H and O–H groups in total. The van der Waals surface area contributed by atoms with E-state index in [2.05, 4.69) is 20.3 Å². The molecule has 11 heteroatoms. The lowest BCUT2D eigenvalue weighted by atomic mass is 10.2. The van der Waals surface area contributed by atoms with Crippen LogP contribution in [0.1, 0.15) is 11.8 Å². The maximum Gasteiger partial charge on any atom is 0.247 e. The molecule has 0 amide bonds. The van der Waals surface area contributed by atoms with Crippen LogP contribution in [0.25, 0.3) is 0 Å². The van der Waals surface area contributed by atoms with Gasteiger partial charge in [0.1, 0.15) is 28.4 Å². The topological polar surface area (TPSA) is 107 Å².